The van der Waals surface area contributed by atoms with Crippen LogP contribution >= 0.6 is 0 Å². The first kappa shape index (κ1) is 10.6. The molecule has 76 valence electrons. The average Bonchev–Trinajstić information content (AvgIpc) is 2.17. The van der Waals surface area contributed by atoms with Crippen LogP contribution in [0, 0.1) is 0 Å². The summed E-state index contributed by atoms with van der Waals surface area (Å²) in [6.07, 6.45) is 2.34. The highest BCUT2D eigenvalue weighted by atomic mass is 16.5. The molecule has 1 aliphatic heterocycles. The van der Waals surface area contributed by atoms with E-state index in [4.69, 9.17) is 14.6 Å². The lowest BCUT2D eigenvalue weighted by molar-refractivity contribution is -0.134. The first-order valence-electron chi connectivity index (χ1n) is 4.60. The Kier molecular flexibility index (Phi) is 3.98. The van der Waals surface area contributed by atoms with Gasteiger partial charge in [0, 0.05) is 6.92 Å². The zero-order chi connectivity index (χ0) is 10.4. The van der Waals surface area contributed by atoms with E-state index in [1.807, 2.05) is 12.1 Å². The van der Waals surface area contributed by atoms with Crippen molar-refractivity contribution in [1.29, 1.82) is 0 Å². The van der Waals surface area contributed by atoms with Crippen LogP contribution in [0.4, 0.5) is 0 Å². The molecule has 0 saturated heterocycles. The standard InChI is InChI=1S/C9H10O.C2H4O2/c1-2-6-9-8(4-1)5-3-7-10-9;1-2(3)4/h1-2,4,6H,3,5,7H2;1H3,(H,3,4). The number of carboxylic acid groups (broad SMARTS) is 1. The van der Waals surface area contributed by atoms with E-state index in [2.05, 4.69) is 12.1 Å². The second-order valence-electron chi connectivity index (χ2n) is 3.08. The Balaban J connectivity index is 0.000000213. The van der Waals surface area contributed by atoms with Crippen molar-refractivity contribution in [2.75, 3.05) is 6.61 Å². The van der Waals surface area contributed by atoms with Gasteiger partial charge in [0.1, 0.15) is 5.75 Å². The highest BCUT2D eigenvalue weighted by Gasteiger charge is 2.06. The molecule has 0 saturated carbocycles. The highest BCUT2D eigenvalue weighted by molar-refractivity contribution is 5.62. The maximum Gasteiger partial charge on any atom is 0.300 e. The molecule has 3 nitrogen and oxygen atoms in total. The molecular weight excluding hydrogens is 180 g/mol. The Morgan fingerprint density at radius 1 is 1.43 bits per heavy atom. The topological polar surface area (TPSA) is 46.5 Å². The van der Waals surface area contributed by atoms with Crippen molar-refractivity contribution in [3.8, 4) is 5.75 Å². The Labute approximate surface area is 83.3 Å². The third-order valence-electron chi connectivity index (χ3n) is 1.82. The van der Waals surface area contributed by atoms with Crippen molar-refractivity contribution >= 4 is 5.97 Å². The Morgan fingerprint density at radius 3 is 2.71 bits per heavy atom. The van der Waals surface area contributed by atoms with E-state index in [1.54, 1.807) is 0 Å². The lowest BCUT2D eigenvalue weighted by Gasteiger charge is -2.15. The second kappa shape index (κ2) is 5.27. The number of ether oxygens (including phenoxy) is 1. The van der Waals surface area contributed by atoms with Crippen LogP contribution in [0.25, 0.3) is 0 Å². The van der Waals surface area contributed by atoms with Crippen LogP contribution in [-0.2, 0) is 11.2 Å². The van der Waals surface area contributed by atoms with Crippen LogP contribution in [0.5, 0.6) is 5.75 Å². The third-order valence-corrected chi connectivity index (χ3v) is 1.82. The number of rotatable bonds is 0. The van der Waals surface area contributed by atoms with E-state index in [0.717, 1.165) is 25.7 Å². The van der Waals surface area contributed by atoms with Gasteiger partial charge in [0.05, 0.1) is 6.61 Å². The number of aryl methyl sites for hydroxylation is 1. The minimum atomic E-state index is -0.833. The van der Waals surface area contributed by atoms with Crippen molar-refractivity contribution in [1.82, 2.24) is 0 Å². The molecule has 0 atom stereocenters. The minimum absolute atomic E-state index is 0.833. The summed E-state index contributed by atoms with van der Waals surface area (Å²) in [4.78, 5) is 9.00. The molecule has 0 amide bonds. The molecule has 14 heavy (non-hydrogen) atoms. The molecule has 1 aromatic carbocycles. The lowest BCUT2D eigenvalue weighted by atomic mass is 10.1. The number of carbonyl (C=O) groups is 1. The van der Waals surface area contributed by atoms with Crippen LogP contribution in [0.3, 0.4) is 0 Å². The molecule has 0 unspecified atom stereocenters. The van der Waals surface area contributed by atoms with E-state index in [9.17, 15) is 0 Å². The normalized spacial score (nSPS) is 12.9. The number of benzene rings is 1. The van der Waals surface area contributed by atoms with E-state index < -0.39 is 5.97 Å². The van der Waals surface area contributed by atoms with Gasteiger partial charge in [0.2, 0.25) is 0 Å². The third kappa shape index (κ3) is 3.47. The smallest absolute Gasteiger partial charge is 0.300 e. The molecule has 2 rings (SSSR count). The maximum absolute atomic E-state index is 9.00. The molecule has 0 aromatic heterocycles. The van der Waals surface area contributed by atoms with Gasteiger partial charge in [-0.1, -0.05) is 18.2 Å². The summed E-state index contributed by atoms with van der Waals surface area (Å²) in [5, 5.41) is 7.42. The molecule has 0 aliphatic carbocycles. The molecule has 0 spiro atoms. The predicted octanol–water partition coefficient (Wildman–Crippen LogP) is 2.10. The van der Waals surface area contributed by atoms with Gasteiger partial charge in [0.25, 0.3) is 5.97 Å². The summed E-state index contributed by atoms with van der Waals surface area (Å²) < 4.78 is 5.42. The van der Waals surface area contributed by atoms with E-state index in [-0.39, 0.29) is 0 Å². The fourth-order valence-electron chi connectivity index (χ4n) is 1.30. The molecule has 0 fully saturated rings. The van der Waals surface area contributed by atoms with Crippen LogP contribution < -0.4 is 4.74 Å². The summed E-state index contributed by atoms with van der Waals surface area (Å²) in [6, 6.07) is 8.25. The van der Waals surface area contributed by atoms with Crippen LogP contribution in [-0.4, -0.2) is 17.7 Å². The van der Waals surface area contributed by atoms with E-state index in [1.165, 1.54) is 12.0 Å². The number of fused-ring (bicyclic) bond motifs is 1. The van der Waals surface area contributed by atoms with Crippen molar-refractivity contribution in [2.24, 2.45) is 0 Å². The summed E-state index contributed by atoms with van der Waals surface area (Å²) >= 11 is 0. The number of para-hydroxylation sites is 1. The fraction of sp³-hybridized carbons (Fsp3) is 0.364. The van der Waals surface area contributed by atoms with Crippen molar-refractivity contribution in [3.05, 3.63) is 29.8 Å². The monoisotopic (exact) mass is 194 g/mol. The van der Waals surface area contributed by atoms with Gasteiger partial charge in [-0.25, -0.2) is 0 Å². The Bertz CT molecular complexity index is 278. The van der Waals surface area contributed by atoms with Gasteiger partial charge in [-0.3, -0.25) is 4.79 Å². The molecular formula is C11H14O3. The molecule has 0 radical (unpaired) electrons. The Hall–Kier alpha value is -1.51. The van der Waals surface area contributed by atoms with Gasteiger partial charge in [-0.05, 0) is 24.5 Å². The Morgan fingerprint density at radius 2 is 2.07 bits per heavy atom. The lowest BCUT2D eigenvalue weighted by Crippen LogP contribution is -2.07. The molecule has 1 heterocycles. The highest BCUT2D eigenvalue weighted by Crippen LogP contribution is 2.22. The zero-order valence-corrected chi connectivity index (χ0v) is 8.19. The SMILES string of the molecule is CC(=O)O.c1ccc2c(c1)CCCO2. The number of hydrogen-bond donors (Lipinski definition) is 1. The minimum Gasteiger partial charge on any atom is -0.493 e. The molecule has 0 bridgehead atoms. The van der Waals surface area contributed by atoms with Crippen molar-refractivity contribution in [3.63, 3.8) is 0 Å². The van der Waals surface area contributed by atoms with Gasteiger partial charge in [-0.15, -0.1) is 0 Å². The van der Waals surface area contributed by atoms with Crippen LogP contribution in [0.1, 0.15) is 18.9 Å². The van der Waals surface area contributed by atoms with E-state index >= 15 is 0 Å². The van der Waals surface area contributed by atoms with Crippen LogP contribution in [0.2, 0.25) is 0 Å². The number of hydrogen-bond acceptors (Lipinski definition) is 2. The first-order valence-corrected chi connectivity index (χ1v) is 4.60. The molecule has 1 aliphatic rings. The summed E-state index contributed by atoms with van der Waals surface area (Å²) in [5.41, 5.74) is 1.36. The fourth-order valence-corrected chi connectivity index (χ4v) is 1.30. The largest absolute Gasteiger partial charge is 0.493 e. The zero-order valence-electron chi connectivity index (χ0n) is 8.19. The summed E-state index contributed by atoms with van der Waals surface area (Å²) in [6.45, 7) is 1.97. The molecule has 3 heteroatoms. The quantitative estimate of drug-likeness (QED) is 0.688. The van der Waals surface area contributed by atoms with Crippen molar-refractivity contribution < 1.29 is 14.6 Å². The summed E-state index contributed by atoms with van der Waals surface area (Å²) in [5.74, 6) is 0.244. The summed E-state index contributed by atoms with van der Waals surface area (Å²) in [7, 11) is 0. The van der Waals surface area contributed by atoms with E-state index in [0.29, 0.717) is 0 Å². The number of carboxylic acids is 1. The average molecular weight is 194 g/mol. The first-order chi connectivity index (χ1) is 6.70. The van der Waals surface area contributed by atoms with Gasteiger partial charge in [0.15, 0.2) is 0 Å². The molecule has 1 N–H and O–H groups in total. The van der Waals surface area contributed by atoms with Crippen molar-refractivity contribution in [2.45, 2.75) is 19.8 Å². The molecule has 1 aromatic rings. The maximum atomic E-state index is 9.00. The van der Waals surface area contributed by atoms with Gasteiger partial charge in [-0.2, -0.15) is 0 Å². The van der Waals surface area contributed by atoms with Gasteiger partial charge < -0.3 is 9.84 Å². The van der Waals surface area contributed by atoms with Gasteiger partial charge >= 0.3 is 0 Å². The van der Waals surface area contributed by atoms with Crippen LogP contribution in [0.15, 0.2) is 24.3 Å². The predicted molar refractivity (Wildman–Crippen MR) is 53.6 cm³/mol. The number of aliphatic carboxylic acids is 1. The second-order valence-corrected chi connectivity index (χ2v) is 3.08.